The highest BCUT2D eigenvalue weighted by Crippen LogP contribution is 2.36. The van der Waals surface area contributed by atoms with E-state index < -0.39 is 0 Å². The highest BCUT2D eigenvalue weighted by atomic mass is 35.5. The number of rotatable bonds is 2. The molecule has 2 aliphatic rings. The molecule has 2 N–H and O–H groups in total. The van der Waals surface area contributed by atoms with Gasteiger partial charge in [0.2, 0.25) is 5.91 Å². The van der Waals surface area contributed by atoms with Gasteiger partial charge >= 0.3 is 0 Å². The molecule has 2 aromatic rings. The predicted molar refractivity (Wildman–Crippen MR) is 93.5 cm³/mol. The normalized spacial score (nSPS) is 21.7. The largest absolute Gasteiger partial charge is 0.356 e. The van der Waals surface area contributed by atoms with E-state index in [1.54, 1.807) is 24.3 Å². The minimum absolute atomic E-state index is 0.0202. The third kappa shape index (κ3) is 2.61. The highest BCUT2D eigenvalue weighted by Gasteiger charge is 2.41. The fraction of sp³-hybridized carbons (Fsp3) is 0.222. The number of nitrogens with zero attached hydrogens (tertiary/aromatic N) is 1. The summed E-state index contributed by atoms with van der Waals surface area (Å²) in [5.74, 6) is -0.191. The number of hydrogen-bond donors (Lipinski definition) is 2. The van der Waals surface area contributed by atoms with Gasteiger partial charge in [-0.3, -0.25) is 9.59 Å². The molecule has 0 aromatic heterocycles. The Kier molecular flexibility index (Phi) is 3.65. The van der Waals surface area contributed by atoms with Crippen LogP contribution in [0, 0.1) is 0 Å². The molecule has 5 nitrogen and oxygen atoms in total. The molecule has 2 aromatic carbocycles. The first kappa shape index (κ1) is 15.0. The minimum atomic E-state index is -0.246. The van der Waals surface area contributed by atoms with Gasteiger partial charge in [-0.25, -0.2) is 0 Å². The van der Waals surface area contributed by atoms with Crippen LogP contribution in [0.4, 0.5) is 11.4 Å². The third-order valence-electron chi connectivity index (χ3n) is 4.50. The van der Waals surface area contributed by atoms with Gasteiger partial charge in [-0.1, -0.05) is 29.8 Å². The predicted octanol–water partition coefficient (Wildman–Crippen LogP) is 2.67. The second kappa shape index (κ2) is 5.83. The van der Waals surface area contributed by atoms with Gasteiger partial charge in [0, 0.05) is 23.2 Å². The first-order valence-corrected chi connectivity index (χ1v) is 8.22. The number of halogens is 1. The van der Waals surface area contributed by atoms with E-state index in [-0.39, 0.29) is 23.9 Å². The van der Waals surface area contributed by atoms with E-state index in [4.69, 9.17) is 11.6 Å². The summed E-state index contributed by atoms with van der Waals surface area (Å²) >= 11 is 5.94. The number of benzene rings is 2. The molecule has 24 heavy (non-hydrogen) atoms. The summed E-state index contributed by atoms with van der Waals surface area (Å²) in [6.07, 6.45) is 0.590. The summed E-state index contributed by atoms with van der Waals surface area (Å²) in [6, 6.07) is 14.2. The van der Waals surface area contributed by atoms with Crippen molar-refractivity contribution >= 4 is 34.8 Å². The zero-order valence-electron chi connectivity index (χ0n) is 12.8. The molecule has 1 fully saturated rings. The van der Waals surface area contributed by atoms with Gasteiger partial charge in [0.1, 0.15) is 6.04 Å². The lowest BCUT2D eigenvalue weighted by molar-refractivity contribution is -0.117. The van der Waals surface area contributed by atoms with Crippen LogP contribution in [0.15, 0.2) is 48.5 Å². The maximum Gasteiger partial charge on any atom is 0.251 e. The molecule has 4 rings (SSSR count). The number of para-hydroxylation sites is 2. The Morgan fingerprint density at radius 2 is 2.04 bits per heavy atom. The van der Waals surface area contributed by atoms with Gasteiger partial charge in [0.25, 0.3) is 5.91 Å². The summed E-state index contributed by atoms with van der Waals surface area (Å²) in [4.78, 5) is 26.8. The fourth-order valence-electron chi connectivity index (χ4n) is 3.40. The Bertz CT molecular complexity index is 823. The summed E-state index contributed by atoms with van der Waals surface area (Å²) in [5, 5.41) is 6.47. The molecular weight excluding hydrogens is 326 g/mol. The molecule has 0 saturated carbocycles. The van der Waals surface area contributed by atoms with Gasteiger partial charge in [0.05, 0.1) is 11.4 Å². The van der Waals surface area contributed by atoms with E-state index in [1.807, 2.05) is 24.3 Å². The van der Waals surface area contributed by atoms with Crippen LogP contribution in [0.2, 0.25) is 5.02 Å². The molecule has 6 heteroatoms. The molecule has 0 spiro atoms. The molecule has 2 aliphatic heterocycles. The van der Waals surface area contributed by atoms with Crippen molar-refractivity contribution in [2.24, 2.45) is 0 Å². The first-order chi connectivity index (χ1) is 11.6. The molecule has 0 radical (unpaired) electrons. The van der Waals surface area contributed by atoms with Crippen molar-refractivity contribution in [3.63, 3.8) is 0 Å². The van der Waals surface area contributed by atoms with Crippen molar-refractivity contribution in [1.82, 2.24) is 5.32 Å². The van der Waals surface area contributed by atoms with Gasteiger partial charge in [-0.15, -0.1) is 0 Å². The number of amides is 2. The lowest BCUT2D eigenvalue weighted by Crippen LogP contribution is -2.44. The van der Waals surface area contributed by atoms with Gasteiger partial charge < -0.3 is 15.5 Å². The molecule has 2 amide bonds. The Morgan fingerprint density at radius 3 is 2.88 bits per heavy atom. The van der Waals surface area contributed by atoms with Crippen LogP contribution in [0.25, 0.3) is 0 Å². The SMILES string of the molecule is O=C(NC1CC2C(=O)Nc3ccccc3N2C1)c1cccc(Cl)c1. The number of fused-ring (bicyclic) bond motifs is 3. The molecule has 1 saturated heterocycles. The van der Waals surface area contributed by atoms with Crippen LogP contribution in [-0.2, 0) is 4.79 Å². The van der Waals surface area contributed by atoms with Crippen molar-refractivity contribution < 1.29 is 9.59 Å². The average Bonchev–Trinajstić information content (AvgIpc) is 2.99. The minimum Gasteiger partial charge on any atom is -0.356 e. The number of hydrogen-bond acceptors (Lipinski definition) is 3. The van der Waals surface area contributed by atoms with E-state index in [0.29, 0.717) is 23.6 Å². The van der Waals surface area contributed by atoms with E-state index >= 15 is 0 Å². The Hall–Kier alpha value is -2.53. The van der Waals surface area contributed by atoms with E-state index in [0.717, 1.165) is 11.4 Å². The third-order valence-corrected chi connectivity index (χ3v) is 4.73. The topological polar surface area (TPSA) is 61.4 Å². The second-order valence-corrected chi connectivity index (χ2v) is 6.53. The van der Waals surface area contributed by atoms with Gasteiger partial charge in [-0.2, -0.15) is 0 Å². The standard InChI is InChI=1S/C18H16ClN3O2/c19-12-5-3-4-11(8-12)17(23)20-13-9-16-18(24)21-14-6-1-2-7-15(14)22(16)10-13/h1-8,13,16H,9-10H2,(H,20,23)(H,21,24). The first-order valence-electron chi connectivity index (χ1n) is 7.85. The van der Waals surface area contributed by atoms with Gasteiger partial charge in [-0.05, 0) is 36.8 Å². The van der Waals surface area contributed by atoms with Crippen LogP contribution in [0.5, 0.6) is 0 Å². The van der Waals surface area contributed by atoms with Crippen LogP contribution < -0.4 is 15.5 Å². The number of anilines is 2. The van der Waals surface area contributed by atoms with Crippen molar-refractivity contribution in [3.05, 3.63) is 59.1 Å². The second-order valence-electron chi connectivity index (χ2n) is 6.09. The van der Waals surface area contributed by atoms with Gasteiger partial charge in [0.15, 0.2) is 0 Å². The van der Waals surface area contributed by atoms with Crippen molar-refractivity contribution in [2.75, 3.05) is 16.8 Å². The molecule has 0 aliphatic carbocycles. The molecular formula is C18H16ClN3O2. The van der Waals surface area contributed by atoms with E-state index in [9.17, 15) is 9.59 Å². The van der Waals surface area contributed by atoms with Crippen LogP contribution in [0.3, 0.4) is 0 Å². The molecule has 2 atom stereocenters. The molecule has 2 unspecified atom stereocenters. The van der Waals surface area contributed by atoms with Crippen molar-refractivity contribution in [2.45, 2.75) is 18.5 Å². The lowest BCUT2D eigenvalue weighted by Gasteiger charge is -2.32. The van der Waals surface area contributed by atoms with Crippen LogP contribution in [-0.4, -0.2) is 30.4 Å². The Balaban J connectivity index is 1.52. The molecule has 122 valence electrons. The van der Waals surface area contributed by atoms with Crippen LogP contribution >= 0.6 is 11.6 Å². The highest BCUT2D eigenvalue weighted by molar-refractivity contribution is 6.30. The maximum atomic E-state index is 12.4. The van der Waals surface area contributed by atoms with E-state index in [1.165, 1.54) is 0 Å². The van der Waals surface area contributed by atoms with E-state index in [2.05, 4.69) is 15.5 Å². The van der Waals surface area contributed by atoms with Crippen molar-refractivity contribution in [3.8, 4) is 0 Å². The zero-order chi connectivity index (χ0) is 16.7. The monoisotopic (exact) mass is 341 g/mol. The molecule has 2 heterocycles. The Morgan fingerprint density at radius 1 is 1.21 bits per heavy atom. The smallest absolute Gasteiger partial charge is 0.251 e. The number of carbonyl (C=O) groups excluding carboxylic acids is 2. The number of carbonyl (C=O) groups is 2. The summed E-state index contributed by atoms with van der Waals surface area (Å²) < 4.78 is 0. The Labute approximate surface area is 144 Å². The summed E-state index contributed by atoms with van der Waals surface area (Å²) in [6.45, 7) is 0.613. The quantitative estimate of drug-likeness (QED) is 0.882. The van der Waals surface area contributed by atoms with Crippen molar-refractivity contribution in [1.29, 1.82) is 0 Å². The zero-order valence-corrected chi connectivity index (χ0v) is 13.6. The summed E-state index contributed by atoms with van der Waals surface area (Å²) in [5.41, 5.74) is 2.35. The average molecular weight is 342 g/mol. The van der Waals surface area contributed by atoms with Crippen LogP contribution in [0.1, 0.15) is 16.8 Å². The number of nitrogens with one attached hydrogen (secondary N) is 2. The molecule has 0 bridgehead atoms. The fourth-order valence-corrected chi connectivity index (χ4v) is 3.59. The summed E-state index contributed by atoms with van der Waals surface area (Å²) in [7, 11) is 0. The maximum absolute atomic E-state index is 12.4. The lowest BCUT2D eigenvalue weighted by atomic mass is 10.1.